The number of hydrogen-bond acceptors (Lipinski definition) is 6. The van der Waals surface area contributed by atoms with Crippen molar-refractivity contribution in [2.75, 3.05) is 10.0 Å². The molecule has 1 heterocycles. The van der Waals surface area contributed by atoms with Gasteiger partial charge in [0.05, 0.1) is 4.90 Å². The van der Waals surface area contributed by atoms with Crippen molar-refractivity contribution < 1.29 is 17.7 Å². The molecule has 2 N–H and O–H groups in total. The van der Waals surface area contributed by atoms with E-state index in [9.17, 15) is 13.2 Å². The first-order valence-electron chi connectivity index (χ1n) is 6.09. The van der Waals surface area contributed by atoms with Crippen molar-refractivity contribution in [1.29, 1.82) is 0 Å². The molecule has 0 saturated heterocycles. The van der Waals surface area contributed by atoms with Crippen molar-refractivity contribution in [2.45, 2.75) is 25.7 Å². The molecule has 0 bridgehead atoms. The molecular weight excluding hydrogens is 294 g/mol. The predicted molar refractivity (Wildman–Crippen MR) is 77.2 cm³/mol. The highest BCUT2D eigenvalue weighted by molar-refractivity contribution is 7.93. The molecule has 0 atom stereocenters. The van der Waals surface area contributed by atoms with E-state index in [1.54, 1.807) is 13.8 Å². The largest absolute Gasteiger partial charge is 0.399 e. The number of nitrogen functional groups attached to an aromatic ring is 1. The lowest BCUT2D eigenvalue weighted by Crippen LogP contribution is -2.36. The van der Waals surface area contributed by atoms with Crippen LogP contribution < -0.4 is 10.0 Å². The zero-order chi connectivity index (χ0) is 15.8. The molecule has 0 aliphatic heterocycles. The van der Waals surface area contributed by atoms with Crippen LogP contribution in [0.2, 0.25) is 0 Å². The summed E-state index contributed by atoms with van der Waals surface area (Å²) in [5, 5.41) is 3.67. The third-order valence-corrected chi connectivity index (χ3v) is 4.81. The zero-order valence-corrected chi connectivity index (χ0v) is 12.6. The lowest BCUT2D eigenvalue weighted by Gasteiger charge is -2.18. The Bertz CT molecular complexity index is 778. The molecule has 2 rings (SSSR count). The lowest BCUT2D eigenvalue weighted by atomic mass is 10.3. The molecule has 8 heteroatoms. The van der Waals surface area contributed by atoms with Crippen molar-refractivity contribution in [3.63, 3.8) is 0 Å². The van der Waals surface area contributed by atoms with Crippen LogP contribution in [0.5, 0.6) is 0 Å². The number of hydrogen-bond donors (Lipinski definition) is 1. The Morgan fingerprint density at radius 2 is 1.81 bits per heavy atom. The van der Waals surface area contributed by atoms with E-state index in [0.29, 0.717) is 21.3 Å². The van der Waals surface area contributed by atoms with E-state index < -0.39 is 15.9 Å². The number of benzene rings is 1. The van der Waals surface area contributed by atoms with Crippen LogP contribution in [0.15, 0.2) is 33.7 Å². The predicted octanol–water partition coefficient (Wildman–Crippen LogP) is 1.62. The molecule has 112 valence electrons. The maximum absolute atomic E-state index is 12.6. The monoisotopic (exact) mass is 309 g/mol. The number of carbonyl (C=O) groups is 1. The molecule has 7 nitrogen and oxygen atoms in total. The summed E-state index contributed by atoms with van der Waals surface area (Å²) in [4.78, 5) is 11.8. The summed E-state index contributed by atoms with van der Waals surface area (Å²) in [7, 11) is -4.07. The van der Waals surface area contributed by atoms with Crippen LogP contribution in [0.1, 0.15) is 18.2 Å². The molecule has 0 aliphatic carbocycles. The number of nitrogens with two attached hydrogens (primary N) is 1. The highest BCUT2D eigenvalue weighted by atomic mass is 32.2. The molecule has 1 aromatic carbocycles. The van der Waals surface area contributed by atoms with Crippen molar-refractivity contribution >= 4 is 27.4 Å². The average molecular weight is 309 g/mol. The van der Waals surface area contributed by atoms with Gasteiger partial charge < -0.3 is 10.3 Å². The first-order valence-corrected chi connectivity index (χ1v) is 7.53. The smallest absolute Gasteiger partial charge is 0.272 e. The molecule has 1 amide bonds. The van der Waals surface area contributed by atoms with Crippen LogP contribution in [0.25, 0.3) is 0 Å². The minimum absolute atomic E-state index is 0.0307. The van der Waals surface area contributed by atoms with Gasteiger partial charge in [-0.15, -0.1) is 0 Å². The molecule has 0 aliphatic rings. The van der Waals surface area contributed by atoms with Gasteiger partial charge in [0.1, 0.15) is 5.76 Å². The lowest BCUT2D eigenvalue weighted by molar-refractivity contribution is -0.115. The summed E-state index contributed by atoms with van der Waals surface area (Å²) in [6, 6.07) is 5.57. The van der Waals surface area contributed by atoms with Crippen molar-refractivity contribution in [2.24, 2.45) is 0 Å². The van der Waals surface area contributed by atoms with Gasteiger partial charge in [0.15, 0.2) is 5.82 Å². The van der Waals surface area contributed by atoms with Gasteiger partial charge >= 0.3 is 0 Å². The second kappa shape index (κ2) is 5.21. The minimum atomic E-state index is -4.07. The van der Waals surface area contributed by atoms with Gasteiger partial charge in [-0.2, -0.15) is 4.31 Å². The van der Waals surface area contributed by atoms with E-state index >= 15 is 0 Å². The van der Waals surface area contributed by atoms with E-state index in [4.69, 9.17) is 10.3 Å². The van der Waals surface area contributed by atoms with Gasteiger partial charge in [-0.3, -0.25) is 4.79 Å². The second-order valence-electron chi connectivity index (χ2n) is 4.54. The first-order chi connectivity index (χ1) is 9.75. The maximum atomic E-state index is 12.6. The Morgan fingerprint density at radius 1 is 1.24 bits per heavy atom. The third kappa shape index (κ3) is 2.62. The van der Waals surface area contributed by atoms with Crippen LogP contribution in [0.3, 0.4) is 0 Å². The number of aromatic nitrogens is 1. The Hall–Kier alpha value is -2.35. The van der Waals surface area contributed by atoms with Crippen LogP contribution >= 0.6 is 0 Å². The third-order valence-electron chi connectivity index (χ3n) is 3.03. The molecule has 21 heavy (non-hydrogen) atoms. The number of carbonyl (C=O) groups excluding carboxylic acids is 1. The van der Waals surface area contributed by atoms with Crippen molar-refractivity contribution in [3.8, 4) is 0 Å². The second-order valence-corrected chi connectivity index (χ2v) is 6.33. The van der Waals surface area contributed by atoms with Gasteiger partial charge in [-0.25, -0.2) is 8.42 Å². The normalized spacial score (nSPS) is 11.4. The van der Waals surface area contributed by atoms with Gasteiger partial charge in [0.25, 0.3) is 10.0 Å². The number of amides is 1. The first kappa shape index (κ1) is 15.0. The standard InChI is InChI=1S/C13H15N3O4S/c1-8-9(2)20-15-13(8)16(10(3)17)21(18,19)12-6-4-11(14)5-7-12/h4-7H,14H2,1-3H3. The van der Waals surface area contributed by atoms with E-state index in [1.165, 1.54) is 24.3 Å². The summed E-state index contributed by atoms with van der Waals surface area (Å²) < 4.78 is 30.8. The van der Waals surface area contributed by atoms with E-state index in [0.717, 1.165) is 6.92 Å². The number of rotatable bonds is 3. The summed E-state index contributed by atoms with van der Waals surface area (Å²) in [5.41, 5.74) is 6.46. The van der Waals surface area contributed by atoms with E-state index in [2.05, 4.69) is 5.16 Å². The van der Waals surface area contributed by atoms with Crippen LogP contribution in [-0.2, 0) is 14.8 Å². The van der Waals surface area contributed by atoms with Gasteiger partial charge in [-0.05, 0) is 38.1 Å². The number of aryl methyl sites for hydroxylation is 1. The highest BCUT2D eigenvalue weighted by Crippen LogP contribution is 2.27. The Morgan fingerprint density at radius 3 is 2.24 bits per heavy atom. The zero-order valence-electron chi connectivity index (χ0n) is 11.8. The van der Waals surface area contributed by atoms with Crippen LogP contribution in [-0.4, -0.2) is 19.5 Å². The Balaban J connectivity index is 2.60. The number of sulfonamides is 1. The molecule has 1 aromatic heterocycles. The summed E-state index contributed by atoms with van der Waals surface area (Å²) in [6.07, 6.45) is 0. The molecule has 0 spiro atoms. The van der Waals surface area contributed by atoms with E-state index in [1.807, 2.05) is 0 Å². The van der Waals surface area contributed by atoms with Gasteiger partial charge in [0.2, 0.25) is 5.91 Å². The molecule has 0 unspecified atom stereocenters. The number of nitrogens with zero attached hydrogens (tertiary/aromatic N) is 2. The number of anilines is 2. The molecule has 0 fully saturated rings. The van der Waals surface area contributed by atoms with Crippen LogP contribution in [0, 0.1) is 13.8 Å². The average Bonchev–Trinajstić information content (AvgIpc) is 2.71. The fourth-order valence-electron chi connectivity index (χ4n) is 1.77. The SMILES string of the molecule is CC(=O)N(c1noc(C)c1C)S(=O)(=O)c1ccc(N)cc1. The maximum Gasteiger partial charge on any atom is 0.272 e. The summed E-state index contributed by atoms with van der Waals surface area (Å²) in [5.74, 6) is -0.260. The topological polar surface area (TPSA) is 106 Å². The Kier molecular flexibility index (Phi) is 3.73. The van der Waals surface area contributed by atoms with Gasteiger partial charge in [-0.1, -0.05) is 5.16 Å². The molecule has 2 aromatic rings. The van der Waals surface area contributed by atoms with Crippen molar-refractivity contribution in [1.82, 2.24) is 5.16 Å². The van der Waals surface area contributed by atoms with Crippen molar-refractivity contribution in [3.05, 3.63) is 35.6 Å². The summed E-state index contributed by atoms with van der Waals surface area (Å²) >= 11 is 0. The molecular formula is C13H15N3O4S. The van der Waals surface area contributed by atoms with Crippen LogP contribution in [0.4, 0.5) is 11.5 Å². The van der Waals surface area contributed by atoms with E-state index in [-0.39, 0.29) is 10.7 Å². The highest BCUT2D eigenvalue weighted by Gasteiger charge is 2.32. The Labute approximate surface area is 122 Å². The molecule has 0 radical (unpaired) electrons. The summed E-state index contributed by atoms with van der Waals surface area (Å²) in [6.45, 7) is 4.42. The minimum Gasteiger partial charge on any atom is -0.399 e. The fraction of sp³-hybridized carbons (Fsp3) is 0.231. The fourth-order valence-corrected chi connectivity index (χ4v) is 3.20. The quantitative estimate of drug-likeness (QED) is 0.863. The van der Waals surface area contributed by atoms with Gasteiger partial charge in [0, 0.05) is 18.2 Å². The molecule has 0 saturated carbocycles.